The van der Waals surface area contributed by atoms with Crippen molar-refractivity contribution in [3.8, 4) is 0 Å². The molecule has 4 nitrogen and oxygen atoms in total. The average Bonchev–Trinajstić information content (AvgIpc) is 2.23. The van der Waals surface area contributed by atoms with Crippen LogP contribution in [0.25, 0.3) is 0 Å². The average molecular weight is 193 g/mol. The molecule has 0 aromatic heterocycles. The lowest BCUT2D eigenvalue weighted by Gasteiger charge is -2.23. The second-order valence-corrected chi connectivity index (χ2v) is 5.74. The van der Waals surface area contributed by atoms with Crippen LogP contribution in [-0.2, 0) is 9.84 Å². The molecule has 0 saturated carbocycles. The zero-order valence-corrected chi connectivity index (χ0v) is 8.02. The first kappa shape index (κ1) is 9.95. The van der Waals surface area contributed by atoms with Gasteiger partial charge in [0.1, 0.15) is 0 Å². The van der Waals surface area contributed by atoms with Crippen LogP contribution in [0.15, 0.2) is 0 Å². The van der Waals surface area contributed by atoms with E-state index in [1.54, 1.807) is 0 Å². The third-order valence-electron chi connectivity index (χ3n) is 2.17. The van der Waals surface area contributed by atoms with Crippen molar-refractivity contribution < 1.29 is 13.5 Å². The van der Waals surface area contributed by atoms with Crippen LogP contribution in [0.3, 0.4) is 0 Å². The van der Waals surface area contributed by atoms with Crippen molar-refractivity contribution in [3.63, 3.8) is 0 Å². The number of aliphatic hydroxyl groups excluding tert-OH is 1. The fourth-order valence-electron chi connectivity index (χ4n) is 1.51. The van der Waals surface area contributed by atoms with Gasteiger partial charge in [-0.15, -0.1) is 0 Å². The van der Waals surface area contributed by atoms with Gasteiger partial charge in [0.05, 0.1) is 18.1 Å². The lowest BCUT2D eigenvalue weighted by molar-refractivity contribution is 0.267. The topological polar surface area (TPSA) is 66.4 Å². The molecular weight excluding hydrogens is 178 g/mol. The number of hydrogen-bond donors (Lipinski definition) is 2. The molecule has 12 heavy (non-hydrogen) atoms. The van der Waals surface area contributed by atoms with Gasteiger partial charge in [0.15, 0.2) is 9.84 Å². The molecule has 1 aliphatic rings. The lowest BCUT2D eigenvalue weighted by Crippen LogP contribution is -2.44. The highest BCUT2D eigenvalue weighted by molar-refractivity contribution is 7.91. The van der Waals surface area contributed by atoms with Gasteiger partial charge < -0.3 is 10.4 Å². The predicted octanol–water partition coefficient (Wildman–Crippen LogP) is -0.854. The largest absolute Gasteiger partial charge is 0.395 e. The van der Waals surface area contributed by atoms with Gasteiger partial charge in [-0.2, -0.15) is 0 Å². The van der Waals surface area contributed by atoms with Gasteiger partial charge in [0.25, 0.3) is 0 Å². The summed E-state index contributed by atoms with van der Waals surface area (Å²) < 4.78 is 22.2. The van der Waals surface area contributed by atoms with E-state index >= 15 is 0 Å². The Kier molecular flexibility index (Phi) is 2.75. The molecule has 1 aliphatic heterocycles. The van der Waals surface area contributed by atoms with Crippen molar-refractivity contribution in [1.82, 2.24) is 5.32 Å². The molecule has 1 atom stereocenters. The smallest absolute Gasteiger partial charge is 0.152 e. The van der Waals surface area contributed by atoms with E-state index in [0.717, 1.165) is 0 Å². The number of sulfone groups is 1. The molecule has 0 bridgehead atoms. The quantitative estimate of drug-likeness (QED) is 0.612. The van der Waals surface area contributed by atoms with E-state index in [9.17, 15) is 8.42 Å². The molecule has 0 radical (unpaired) electrons. The van der Waals surface area contributed by atoms with Gasteiger partial charge in [0, 0.05) is 12.1 Å². The Hall–Kier alpha value is -0.130. The van der Waals surface area contributed by atoms with E-state index in [2.05, 4.69) is 5.32 Å². The monoisotopic (exact) mass is 193 g/mol. The van der Waals surface area contributed by atoms with Crippen LogP contribution in [0.4, 0.5) is 0 Å². The van der Waals surface area contributed by atoms with Gasteiger partial charge in [-0.3, -0.25) is 0 Å². The van der Waals surface area contributed by atoms with Crippen molar-refractivity contribution in [1.29, 1.82) is 0 Å². The minimum Gasteiger partial charge on any atom is -0.395 e. The van der Waals surface area contributed by atoms with Gasteiger partial charge in [0.2, 0.25) is 0 Å². The van der Waals surface area contributed by atoms with Crippen LogP contribution < -0.4 is 5.32 Å². The molecule has 0 aliphatic carbocycles. The Morgan fingerprint density at radius 1 is 1.58 bits per heavy atom. The lowest BCUT2D eigenvalue weighted by atomic mass is 10.0. The summed E-state index contributed by atoms with van der Waals surface area (Å²) in [6, 6.07) is 0. The highest BCUT2D eigenvalue weighted by Gasteiger charge is 2.37. The molecule has 0 unspecified atom stereocenters. The van der Waals surface area contributed by atoms with Crippen LogP contribution in [0.2, 0.25) is 0 Å². The van der Waals surface area contributed by atoms with E-state index in [1.165, 1.54) is 0 Å². The molecule has 1 fully saturated rings. The summed E-state index contributed by atoms with van der Waals surface area (Å²) in [5.74, 6) is 0.460. The fraction of sp³-hybridized carbons (Fsp3) is 1.00. The minimum atomic E-state index is -2.83. The summed E-state index contributed by atoms with van der Waals surface area (Å²) >= 11 is 0. The summed E-state index contributed by atoms with van der Waals surface area (Å²) in [6.07, 6.45) is 0.648. The summed E-state index contributed by atoms with van der Waals surface area (Å²) in [5, 5.41) is 11.6. The maximum atomic E-state index is 11.1. The highest BCUT2D eigenvalue weighted by Crippen LogP contribution is 2.22. The van der Waals surface area contributed by atoms with Crippen molar-refractivity contribution >= 4 is 9.84 Å². The standard InChI is InChI=1S/C7H15NO3S/c1-7(8-3-4-9)2-5-12(10,11)6-7/h8-9H,2-6H2,1H3/t7-/m1/s1. The Morgan fingerprint density at radius 2 is 2.25 bits per heavy atom. The molecule has 1 heterocycles. The minimum absolute atomic E-state index is 0.0512. The van der Waals surface area contributed by atoms with E-state index in [-0.39, 0.29) is 23.7 Å². The summed E-state index contributed by atoms with van der Waals surface area (Å²) in [5.41, 5.74) is -0.318. The molecular formula is C7H15NO3S. The zero-order valence-electron chi connectivity index (χ0n) is 7.21. The van der Waals surface area contributed by atoms with Crippen LogP contribution >= 0.6 is 0 Å². The normalized spacial score (nSPS) is 33.8. The Bertz CT molecular complexity index is 249. The molecule has 0 aromatic rings. The van der Waals surface area contributed by atoms with Crippen molar-refractivity contribution in [2.24, 2.45) is 0 Å². The molecule has 2 N–H and O–H groups in total. The van der Waals surface area contributed by atoms with Gasteiger partial charge in [-0.25, -0.2) is 8.42 Å². The zero-order chi connectivity index (χ0) is 9.24. The Balaban J connectivity index is 2.53. The Morgan fingerprint density at radius 3 is 2.67 bits per heavy atom. The van der Waals surface area contributed by atoms with Crippen molar-refractivity contribution in [2.75, 3.05) is 24.7 Å². The highest BCUT2D eigenvalue weighted by atomic mass is 32.2. The molecule has 0 amide bonds. The SMILES string of the molecule is C[C@@]1(NCCO)CCS(=O)(=O)C1. The molecule has 0 spiro atoms. The number of hydrogen-bond acceptors (Lipinski definition) is 4. The van der Waals surface area contributed by atoms with Crippen molar-refractivity contribution in [2.45, 2.75) is 18.9 Å². The first-order chi connectivity index (χ1) is 5.47. The van der Waals surface area contributed by atoms with Gasteiger partial charge in [-0.05, 0) is 13.3 Å². The first-order valence-electron chi connectivity index (χ1n) is 4.04. The van der Waals surface area contributed by atoms with E-state index < -0.39 is 9.84 Å². The molecule has 72 valence electrons. The Labute approximate surface area is 72.9 Å². The third-order valence-corrected chi connectivity index (χ3v) is 4.07. The summed E-state index contributed by atoms with van der Waals surface area (Å²) in [7, 11) is -2.83. The number of β-amino-alcohol motifs (C(OH)–C–C–N with tert-alkyl or cyclic N) is 1. The van der Waals surface area contributed by atoms with Crippen LogP contribution in [-0.4, -0.2) is 43.7 Å². The van der Waals surface area contributed by atoms with Gasteiger partial charge in [-0.1, -0.05) is 0 Å². The summed E-state index contributed by atoms with van der Waals surface area (Å²) in [4.78, 5) is 0. The fourth-order valence-corrected chi connectivity index (χ4v) is 3.63. The number of nitrogens with one attached hydrogen (secondary N) is 1. The molecule has 0 aromatic carbocycles. The molecule has 1 saturated heterocycles. The second-order valence-electron chi connectivity index (χ2n) is 3.55. The van der Waals surface area contributed by atoms with E-state index in [4.69, 9.17) is 5.11 Å². The third kappa shape index (κ3) is 2.43. The van der Waals surface area contributed by atoms with Crippen LogP contribution in [0, 0.1) is 0 Å². The maximum Gasteiger partial charge on any atom is 0.152 e. The number of aliphatic hydroxyl groups is 1. The van der Waals surface area contributed by atoms with Crippen molar-refractivity contribution in [3.05, 3.63) is 0 Å². The molecule has 1 rings (SSSR count). The second kappa shape index (κ2) is 3.32. The number of rotatable bonds is 3. The van der Waals surface area contributed by atoms with E-state index in [0.29, 0.717) is 13.0 Å². The maximum absolute atomic E-state index is 11.1. The molecule has 5 heteroatoms. The predicted molar refractivity (Wildman–Crippen MR) is 46.8 cm³/mol. The van der Waals surface area contributed by atoms with Crippen LogP contribution in [0.1, 0.15) is 13.3 Å². The van der Waals surface area contributed by atoms with E-state index in [1.807, 2.05) is 6.92 Å². The van der Waals surface area contributed by atoms with Gasteiger partial charge >= 0.3 is 0 Å². The van der Waals surface area contributed by atoms with Crippen LogP contribution in [0.5, 0.6) is 0 Å². The first-order valence-corrected chi connectivity index (χ1v) is 5.86. The summed E-state index contributed by atoms with van der Waals surface area (Å²) in [6.45, 7) is 2.40.